The highest BCUT2D eigenvalue weighted by Crippen LogP contribution is 2.25. The molecule has 0 saturated carbocycles. The Morgan fingerprint density at radius 3 is 2.17 bits per heavy atom. The maximum atomic E-state index is 5.87. The third-order valence-electron chi connectivity index (χ3n) is 4.94. The molecule has 2 N–H and O–H groups in total. The molecule has 0 amide bonds. The van der Waals surface area contributed by atoms with Crippen LogP contribution in [0.15, 0.2) is 0 Å². The molecule has 2 saturated heterocycles. The van der Waals surface area contributed by atoms with E-state index in [1.54, 1.807) is 0 Å². The fourth-order valence-corrected chi connectivity index (χ4v) is 3.36. The molecule has 0 spiro atoms. The van der Waals surface area contributed by atoms with Gasteiger partial charge in [0, 0.05) is 18.6 Å². The molecule has 0 unspecified atom stereocenters. The SMILES string of the molecule is CC(C)(CN)N1CCC(CN2CCCCC2)CC1. The van der Waals surface area contributed by atoms with Crippen molar-refractivity contribution in [3.63, 3.8) is 0 Å². The van der Waals surface area contributed by atoms with Gasteiger partial charge in [0.25, 0.3) is 0 Å². The number of piperidine rings is 2. The van der Waals surface area contributed by atoms with Crippen molar-refractivity contribution in [2.45, 2.75) is 51.5 Å². The summed E-state index contributed by atoms with van der Waals surface area (Å²) in [6.07, 6.45) is 7.00. The van der Waals surface area contributed by atoms with E-state index >= 15 is 0 Å². The highest BCUT2D eigenvalue weighted by Gasteiger charge is 2.30. The van der Waals surface area contributed by atoms with Crippen molar-refractivity contribution in [3.8, 4) is 0 Å². The van der Waals surface area contributed by atoms with E-state index in [9.17, 15) is 0 Å². The van der Waals surface area contributed by atoms with Gasteiger partial charge >= 0.3 is 0 Å². The third kappa shape index (κ3) is 3.69. The highest BCUT2D eigenvalue weighted by atomic mass is 15.2. The lowest BCUT2D eigenvalue weighted by Crippen LogP contribution is -2.53. The zero-order valence-electron chi connectivity index (χ0n) is 12.3. The largest absolute Gasteiger partial charge is 0.329 e. The number of nitrogens with zero attached hydrogens (tertiary/aromatic N) is 2. The fraction of sp³-hybridized carbons (Fsp3) is 1.00. The summed E-state index contributed by atoms with van der Waals surface area (Å²) >= 11 is 0. The van der Waals surface area contributed by atoms with E-state index in [1.165, 1.54) is 64.8 Å². The molecule has 2 rings (SSSR count). The third-order valence-corrected chi connectivity index (χ3v) is 4.94. The number of rotatable bonds is 4. The summed E-state index contributed by atoms with van der Waals surface area (Å²) in [7, 11) is 0. The monoisotopic (exact) mass is 253 g/mol. The molecule has 0 aromatic rings. The number of nitrogens with two attached hydrogens (primary N) is 1. The first-order chi connectivity index (χ1) is 8.62. The summed E-state index contributed by atoms with van der Waals surface area (Å²) in [5, 5.41) is 0. The molecule has 2 aliphatic rings. The van der Waals surface area contributed by atoms with Crippen LogP contribution in [0.5, 0.6) is 0 Å². The highest BCUT2D eigenvalue weighted by molar-refractivity contribution is 4.87. The molecular weight excluding hydrogens is 222 g/mol. The molecule has 0 atom stereocenters. The normalized spacial score (nSPS) is 25.5. The predicted molar refractivity (Wildman–Crippen MR) is 77.7 cm³/mol. The van der Waals surface area contributed by atoms with E-state index in [1.807, 2.05) is 0 Å². The molecule has 0 aromatic heterocycles. The molecule has 0 bridgehead atoms. The minimum atomic E-state index is 0.191. The van der Waals surface area contributed by atoms with Crippen LogP contribution >= 0.6 is 0 Å². The van der Waals surface area contributed by atoms with Crippen molar-refractivity contribution in [1.29, 1.82) is 0 Å². The summed E-state index contributed by atoms with van der Waals surface area (Å²) < 4.78 is 0. The molecule has 2 fully saturated rings. The Morgan fingerprint density at radius 1 is 1.00 bits per heavy atom. The number of hydrogen-bond acceptors (Lipinski definition) is 3. The van der Waals surface area contributed by atoms with Crippen LogP contribution in [-0.2, 0) is 0 Å². The second-order valence-corrected chi connectivity index (χ2v) is 6.81. The Balaban J connectivity index is 1.73. The molecule has 106 valence electrons. The fourth-order valence-electron chi connectivity index (χ4n) is 3.36. The summed E-state index contributed by atoms with van der Waals surface area (Å²) in [6, 6.07) is 0. The van der Waals surface area contributed by atoms with Crippen molar-refractivity contribution in [1.82, 2.24) is 9.80 Å². The molecule has 3 nitrogen and oxygen atoms in total. The van der Waals surface area contributed by atoms with Gasteiger partial charge in [-0.1, -0.05) is 6.42 Å². The molecule has 0 radical (unpaired) electrons. The Labute approximate surface area is 113 Å². The second-order valence-electron chi connectivity index (χ2n) is 6.81. The molecule has 0 aromatic carbocycles. The lowest BCUT2D eigenvalue weighted by molar-refractivity contribution is 0.0658. The number of likely N-dealkylation sites (tertiary alicyclic amines) is 2. The quantitative estimate of drug-likeness (QED) is 0.831. The van der Waals surface area contributed by atoms with E-state index in [-0.39, 0.29) is 5.54 Å². The van der Waals surface area contributed by atoms with Gasteiger partial charge in [-0.2, -0.15) is 0 Å². The Hall–Kier alpha value is -0.120. The van der Waals surface area contributed by atoms with Crippen LogP contribution in [0.3, 0.4) is 0 Å². The predicted octanol–water partition coefficient (Wildman–Crippen LogP) is 1.92. The van der Waals surface area contributed by atoms with Gasteiger partial charge in [-0.25, -0.2) is 0 Å². The van der Waals surface area contributed by atoms with Gasteiger partial charge < -0.3 is 10.6 Å². The second kappa shape index (κ2) is 6.36. The van der Waals surface area contributed by atoms with Gasteiger partial charge in [0.1, 0.15) is 0 Å². The lowest BCUT2D eigenvalue weighted by atomic mass is 9.91. The Kier molecular flexibility index (Phi) is 5.05. The standard InChI is InChI=1S/C15H31N3/c1-15(2,13-16)18-10-6-14(7-11-18)12-17-8-4-3-5-9-17/h14H,3-13,16H2,1-2H3. The van der Waals surface area contributed by atoms with Crippen LogP contribution in [0.25, 0.3) is 0 Å². The zero-order valence-corrected chi connectivity index (χ0v) is 12.3. The van der Waals surface area contributed by atoms with Gasteiger partial charge in [0.15, 0.2) is 0 Å². The van der Waals surface area contributed by atoms with Crippen LogP contribution in [0.1, 0.15) is 46.0 Å². The maximum absolute atomic E-state index is 5.87. The number of hydrogen-bond donors (Lipinski definition) is 1. The zero-order chi connectivity index (χ0) is 13.0. The van der Waals surface area contributed by atoms with E-state index in [0.29, 0.717) is 0 Å². The molecule has 18 heavy (non-hydrogen) atoms. The van der Waals surface area contributed by atoms with Crippen LogP contribution in [0.4, 0.5) is 0 Å². The van der Waals surface area contributed by atoms with E-state index in [2.05, 4.69) is 23.6 Å². The van der Waals surface area contributed by atoms with Gasteiger partial charge in [-0.3, -0.25) is 4.90 Å². The smallest absolute Gasteiger partial charge is 0.0275 e. The van der Waals surface area contributed by atoms with Crippen LogP contribution in [0, 0.1) is 5.92 Å². The van der Waals surface area contributed by atoms with Crippen LogP contribution in [0.2, 0.25) is 0 Å². The van der Waals surface area contributed by atoms with E-state index in [4.69, 9.17) is 5.73 Å². The summed E-state index contributed by atoms with van der Waals surface area (Å²) in [5.41, 5.74) is 6.06. The summed E-state index contributed by atoms with van der Waals surface area (Å²) in [4.78, 5) is 5.28. The molecular formula is C15H31N3. The Morgan fingerprint density at radius 2 is 1.61 bits per heavy atom. The minimum absolute atomic E-state index is 0.191. The Bertz CT molecular complexity index is 238. The summed E-state index contributed by atoms with van der Waals surface area (Å²) in [5.74, 6) is 0.924. The summed E-state index contributed by atoms with van der Waals surface area (Å²) in [6.45, 7) is 11.8. The van der Waals surface area contributed by atoms with Gasteiger partial charge in [0.05, 0.1) is 0 Å². The molecule has 0 aliphatic carbocycles. The van der Waals surface area contributed by atoms with E-state index < -0.39 is 0 Å². The van der Waals surface area contributed by atoms with Gasteiger partial charge in [-0.15, -0.1) is 0 Å². The van der Waals surface area contributed by atoms with Crippen molar-refractivity contribution in [2.75, 3.05) is 39.3 Å². The minimum Gasteiger partial charge on any atom is -0.329 e. The van der Waals surface area contributed by atoms with Crippen molar-refractivity contribution < 1.29 is 0 Å². The van der Waals surface area contributed by atoms with Gasteiger partial charge in [-0.05, 0) is 71.6 Å². The first-order valence-electron chi connectivity index (χ1n) is 7.79. The van der Waals surface area contributed by atoms with Crippen LogP contribution in [-0.4, -0.2) is 54.6 Å². The first-order valence-corrected chi connectivity index (χ1v) is 7.79. The van der Waals surface area contributed by atoms with Crippen LogP contribution < -0.4 is 5.73 Å². The van der Waals surface area contributed by atoms with Crippen molar-refractivity contribution in [3.05, 3.63) is 0 Å². The average Bonchev–Trinajstić information content (AvgIpc) is 2.40. The first kappa shape index (κ1) is 14.3. The average molecular weight is 253 g/mol. The van der Waals surface area contributed by atoms with Crippen molar-refractivity contribution in [2.24, 2.45) is 11.7 Å². The van der Waals surface area contributed by atoms with E-state index in [0.717, 1.165) is 12.5 Å². The van der Waals surface area contributed by atoms with Crippen molar-refractivity contribution >= 4 is 0 Å². The molecule has 2 heterocycles. The lowest BCUT2D eigenvalue weighted by Gasteiger charge is -2.43. The maximum Gasteiger partial charge on any atom is 0.0275 e. The molecule has 3 heteroatoms. The molecule has 2 aliphatic heterocycles. The topological polar surface area (TPSA) is 32.5 Å². The van der Waals surface area contributed by atoms with Gasteiger partial charge in [0.2, 0.25) is 0 Å².